The van der Waals surface area contributed by atoms with Gasteiger partial charge in [-0.3, -0.25) is 0 Å². The van der Waals surface area contributed by atoms with Crippen molar-refractivity contribution in [3.05, 3.63) is 29.3 Å². The highest BCUT2D eigenvalue weighted by Gasteiger charge is 2.06. The minimum absolute atomic E-state index is 0.300. The van der Waals surface area contributed by atoms with E-state index in [4.69, 9.17) is 4.74 Å². The summed E-state index contributed by atoms with van der Waals surface area (Å²) in [4.78, 5) is 2.26. The van der Waals surface area contributed by atoms with Crippen LogP contribution in [0.5, 0.6) is 0 Å². The van der Waals surface area contributed by atoms with Crippen LogP contribution in [0.1, 0.15) is 38.8 Å². The Hall–Kier alpha value is -1.06. The molecule has 0 aliphatic heterocycles. The number of hydrogen-bond acceptors (Lipinski definition) is 3. The van der Waals surface area contributed by atoms with Crippen LogP contribution in [-0.2, 0) is 11.3 Å². The lowest BCUT2D eigenvalue weighted by Gasteiger charge is -2.22. The van der Waals surface area contributed by atoms with Gasteiger partial charge in [-0.05, 0) is 38.0 Å². The fourth-order valence-electron chi connectivity index (χ4n) is 2.12. The van der Waals surface area contributed by atoms with Crippen LogP contribution < -0.4 is 10.2 Å². The third-order valence-corrected chi connectivity index (χ3v) is 3.26. The van der Waals surface area contributed by atoms with Gasteiger partial charge in [0.2, 0.25) is 0 Å². The van der Waals surface area contributed by atoms with Crippen molar-refractivity contribution < 1.29 is 4.74 Å². The molecular formula is C17H30N2O. The largest absolute Gasteiger partial charge is 0.377 e. The zero-order chi connectivity index (χ0) is 15.1. The standard InChI is InChI=1S/C17H30N2O/c1-13(2)18-12-16-7-8-17(15(5)11-16)19(6)9-10-20-14(3)4/h7-8,11,13-14,18H,9-10,12H2,1-6H3. The molecule has 0 fully saturated rings. The Labute approximate surface area is 124 Å². The Bertz CT molecular complexity index is 402. The molecule has 0 aliphatic rings. The predicted octanol–water partition coefficient (Wildman–Crippen LogP) is 3.35. The van der Waals surface area contributed by atoms with E-state index in [-0.39, 0.29) is 0 Å². The molecule has 0 saturated carbocycles. The second-order valence-corrected chi connectivity index (χ2v) is 6.00. The summed E-state index contributed by atoms with van der Waals surface area (Å²) in [7, 11) is 2.12. The number of likely N-dealkylation sites (N-methyl/N-ethyl adjacent to an activating group) is 1. The maximum absolute atomic E-state index is 5.61. The zero-order valence-electron chi connectivity index (χ0n) is 13.9. The highest BCUT2D eigenvalue weighted by Crippen LogP contribution is 2.20. The van der Waals surface area contributed by atoms with Crippen molar-refractivity contribution in [3.8, 4) is 0 Å². The first kappa shape index (κ1) is 17.0. The fraction of sp³-hybridized carbons (Fsp3) is 0.647. The lowest BCUT2D eigenvalue weighted by atomic mass is 10.1. The van der Waals surface area contributed by atoms with Crippen LogP contribution in [0.4, 0.5) is 5.69 Å². The van der Waals surface area contributed by atoms with Crippen molar-refractivity contribution in [2.45, 2.75) is 53.3 Å². The van der Waals surface area contributed by atoms with Crippen LogP contribution in [0, 0.1) is 6.92 Å². The molecule has 20 heavy (non-hydrogen) atoms. The fourth-order valence-corrected chi connectivity index (χ4v) is 2.12. The predicted molar refractivity (Wildman–Crippen MR) is 87.5 cm³/mol. The van der Waals surface area contributed by atoms with Gasteiger partial charge in [0.05, 0.1) is 12.7 Å². The molecule has 114 valence electrons. The van der Waals surface area contributed by atoms with E-state index in [0.29, 0.717) is 12.1 Å². The van der Waals surface area contributed by atoms with Crippen molar-refractivity contribution in [1.29, 1.82) is 0 Å². The molecule has 0 aliphatic carbocycles. The summed E-state index contributed by atoms with van der Waals surface area (Å²) < 4.78 is 5.61. The number of nitrogens with one attached hydrogen (secondary N) is 1. The van der Waals surface area contributed by atoms with E-state index in [9.17, 15) is 0 Å². The van der Waals surface area contributed by atoms with Gasteiger partial charge in [-0.2, -0.15) is 0 Å². The van der Waals surface area contributed by atoms with Gasteiger partial charge in [-0.1, -0.05) is 26.0 Å². The van der Waals surface area contributed by atoms with Crippen LogP contribution in [0.15, 0.2) is 18.2 Å². The van der Waals surface area contributed by atoms with Gasteiger partial charge in [-0.25, -0.2) is 0 Å². The lowest BCUT2D eigenvalue weighted by Crippen LogP contribution is -2.25. The molecule has 0 heterocycles. The summed E-state index contributed by atoms with van der Waals surface area (Å²) in [5.74, 6) is 0. The third-order valence-electron chi connectivity index (χ3n) is 3.26. The molecule has 0 unspecified atom stereocenters. The third kappa shape index (κ3) is 5.93. The van der Waals surface area contributed by atoms with Gasteiger partial charge in [0.1, 0.15) is 0 Å². The molecule has 1 rings (SSSR count). The number of ether oxygens (including phenoxy) is 1. The Morgan fingerprint density at radius 2 is 1.90 bits per heavy atom. The molecule has 0 radical (unpaired) electrons. The quantitative estimate of drug-likeness (QED) is 0.789. The van der Waals surface area contributed by atoms with Crippen LogP contribution >= 0.6 is 0 Å². The van der Waals surface area contributed by atoms with E-state index in [0.717, 1.165) is 19.7 Å². The van der Waals surface area contributed by atoms with E-state index in [1.165, 1.54) is 16.8 Å². The maximum Gasteiger partial charge on any atom is 0.0644 e. The molecule has 1 aromatic carbocycles. The Balaban J connectivity index is 2.58. The van der Waals surface area contributed by atoms with Crippen LogP contribution in [0.2, 0.25) is 0 Å². The molecule has 3 heteroatoms. The average Bonchev–Trinajstić information content (AvgIpc) is 2.35. The number of anilines is 1. The van der Waals surface area contributed by atoms with E-state index >= 15 is 0 Å². The van der Waals surface area contributed by atoms with E-state index in [1.54, 1.807) is 0 Å². The van der Waals surface area contributed by atoms with Crippen molar-refractivity contribution in [2.75, 3.05) is 25.1 Å². The van der Waals surface area contributed by atoms with Gasteiger partial charge >= 0.3 is 0 Å². The number of aryl methyl sites for hydroxylation is 1. The van der Waals surface area contributed by atoms with Gasteiger partial charge < -0.3 is 15.0 Å². The topological polar surface area (TPSA) is 24.5 Å². The minimum Gasteiger partial charge on any atom is -0.377 e. The second kappa shape index (κ2) is 8.28. The summed E-state index contributed by atoms with van der Waals surface area (Å²) in [5.41, 5.74) is 3.94. The van der Waals surface area contributed by atoms with E-state index in [1.807, 2.05) is 0 Å². The summed E-state index contributed by atoms with van der Waals surface area (Å²) in [5, 5.41) is 3.45. The molecule has 1 N–H and O–H groups in total. The van der Waals surface area contributed by atoms with Crippen molar-refractivity contribution >= 4 is 5.69 Å². The highest BCUT2D eigenvalue weighted by molar-refractivity contribution is 5.53. The molecule has 0 amide bonds. The Kier molecular flexibility index (Phi) is 7.03. The summed E-state index contributed by atoms with van der Waals surface area (Å²) in [6, 6.07) is 7.20. The zero-order valence-corrected chi connectivity index (χ0v) is 13.9. The molecule has 0 bridgehead atoms. The highest BCUT2D eigenvalue weighted by atomic mass is 16.5. The van der Waals surface area contributed by atoms with Crippen molar-refractivity contribution in [2.24, 2.45) is 0 Å². The normalized spacial score (nSPS) is 11.4. The summed E-state index contributed by atoms with van der Waals surface area (Å²) in [6.45, 7) is 13.3. The van der Waals surface area contributed by atoms with Crippen LogP contribution in [0.3, 0.4) is 0 Å². The number of hydrogen-bond donors (Lipinski definition) is 1. The van der Waals surface area contributed by atoms with Crippen molar-refractivity contribution in [3.63, 3.8) is 0 Å². The maximum atomic E-state index is 5.61. The average molecular weight is 278 g/mol. The Morgan fingerprint density at radius 3 is 2.45 bits per heavy atom. The number of rotatable bonds is 8. The van der Waals surface area contributed by atoms with Gasteiger partial charge in [0.15, 0.2) is 0 Å². The first-order chi connectivity index (χ1) is 9.40. The minimum atomic E-state index is 0.300. The summed E-state index contributed by atoms with van der Waals surface area (Å²) >= 11 is 0. The van der Waals surface area contributed by atoms with Crippen LogP contribution in [-0.4, -0.2) is 32.3 Å². The second-order valence-electron chi connectivity index (χ2n) is 6.00. The molecule has 3 nitrogen and oxygen atoms in total. The molecule has 1 aromatic rings. The molecular weight excluding hydrogens is 248 g/mol. The first-order valence-electron chi connectivity index (χ1n) is 7.55. The van der Waals surface area contributed by atoms with Gasteiger partial charge in [0, 0.05) is 31.9 Å². The SMILES string of the molecule is Cc1cc(CNC(C)C)ccc1N(C)CCOC(C)C. The van der Waals surface area contributed by atoms with Gasteiger partial charge in [-0.15, -0.1) is 0 Å². The van der Waals surface area contributed by atoms with E-state index in [2.05, 4.69) is 70.1 Å². The number of nitrogens with zero attached hydrogens (tertiary/aromatic N) is 1. The molecule has 0 atom stereocenters. The molecule has 0 saturated heterocycles. The lowest BCUT2D eigenvalue weighted by molar-refractivity contribution is 0.0846. The number of benzene rings is 1. The molecule has 0 spiro atoms. The van der Waals surface area contributed by atoms with Gasteiger partial charge in [0.25, 0.3) is 0 Å². The van der Waals surface area contributed by atoms with Crippen molar-refractivity contribution in [1.82, 2.24) is 5.32 Å². The Morgan fingerprint density at radius 1 is 1.20 bits per heavy atom. The molecule has 0 aromatic heterocycles. The monoisotopic (exact) mass is 278 g/mol. The van der Waals surface area contributed by atoms with E-state index < -0.39 is 0 Å². The smallest absolute Gasteiger partial charge is 0.0644 e. The first-order valence-corrected chi connectivity index (χ1v) is 7.55. The summed E-state index contributed by atoms with van der Waals surface area (Å²) in [6.07, 6.45) is 0.300. The van der Waals surface area contributed by atoms with Crippen LogP contribution in [0.25, 0.3) is 0 Å².